The summed E-state index contributed by atoms with van der Waals surface area (Å²) in [6.07, 6.45) is 2.07. The monoisotopic (exact) mass is 269 g/mol. The molecule has 1 aliphatic carbocycles. The third-order valence-electron chi connectivity index (χ3n) is 2.90. The number of hydrogen-bond acceptors (Lipinski definition) is 3. The lowest BCUT2D eigenvalue weighted by atomic mass is 10.1. The van der Waals surface area contributed by atoms with Crippen molar-refractivity contribution in [2.24, 2.45) is 0 Å². The van der Waals surface area contributed by atoms with E-state index < -0.39 is 11.5 Å². The standard InChI is InChI=1S/C13H16FNO2S/c1-13(12(16)17,15-10-5-6-10)8-18-11-4-2-3-9(14)7-11/h2-4,7,10,15H,5-6,8H2,1H3,(H,16,17). The molecule has 1 aromatic carbocycles. The molecular formula is C13H16FNO2S. The van der Waals surface area contributed by atoms with Gasteiger partial charge in [0.2, 0.25) is 0 Å². The van der Waals surface area contributed by atoms with Gasteiger partial charge in [-0.1, -0.05) is 6.07 Å². The van der Waals surface area contributed by atoms with Crippen LogP contribution in [0, 0.1) is 5.82 Å². The fourth-order valence-electron chi connectivity index (χ4n) is 1.63. The Labute approximate surface area is 110 Å². The number of nitrogens with one attached hydrogen (secondary N) is 1. The van der Waals surface area contributed by atoms with Gasteiger partial charge in [-0.15, -0.1) is 11.8 Å². The minimum absolute atomic E-state index is 0.299. The van der Waals surface area contributed by atoms with Crippen molar-refractivity contribution in [1.29, 1.82) is 0 Å². The lowest BCUT2D eigenvalue weighted by Gasteiger charge is -2.26. The number of carboxylic acids is 1. The van der Waals surface area contributed by atoms with E-state index in [1.165, 1.54) is 23.9 Å². The highest BCUT2D eigenvalue weighted by Gasteiger charge is 2.38. The minimum Gasteiger partial charge on any atom is -0.480 e. The molecule has 0 amide bonds. The predicted molar refractivity (Wildman–Crippen MR) is 69.3 cm³/mol. The van der Waals surface area contributed by atoms with Gasteiger partial charge >= 0.3 is 5.97 Å². The van der Waals surface area contributed by atoms with E-state index in [2.05, 4.69) is 5.32 Å². The average Bonchev–Trinajstić information content (AvgIpc) is 3.10. The van der Waals surface area contributed by atoms with Gasteiger partial charge in [0.05, 0.1) is 0 Å². The Morgan fingerprint density at radius 1 is 1.61 bits per heavy atom. The van der Waals surface area contributed by atoms with Crippen molar-refractivity contribution in [3.05, 3.63) is 30.1 Å². The number of rotatable bonds is 6. The van der Waals surface area contributed by atoms with Gasteiger partial charge in [-0.2, -0.15) is 0 Å². The molecule has 1 aliphatic rings. The Kier molecular flexibility index (Phi) is 3.92. The Morgan fingerprint density at radius 3 is 2.89 bits per heavy atom. The molecule has 1 fully saturated rings. The molecule has 1 saturated carbocycles. The molecule has 2 rings (SSSR count). The van der Waals surface area contributed by atoms with Crippen LogP contribution in [0.4, 0.5) is 4.39 Å². The van der Waals surface area contributed by atoms with E-state index in [9.17, 15) is 14.3 Å². The van der Waals surface area contributed by atoms with Gasteiger partial charge in [0, 0.05) is 16.7 Å². The first-order valence-electron chi connectivity index (χ1n) is 5.89. The van der Waals surface area contributed by atoms with Crippen molar-refractivity contribution in [1.82, 2.24) is 5.32 Å². The second kappa shape index (κ2) is 5.28. The van der Waals surface area contributed by atoms with Crippen molar-refractivity contribution in [3.8, 4) is 0 Å². The molecule has 0 saturated heterocycles. The first-order valence-corrected chi connectivity index (χ1v) is 6.88. The van der Waals surface area contributed by atoms with Crippen LogP contribution in [0.2, 0.25) is 0 Å². The topological polar surface area (TPSA) is 49.3 Å². The molecule has 1 unspecified atom stereocenters. The van der Waals surface area contributed by atoms with Crippen molar-refractivity contribution in [2.45, 2.75) is 36.2 Å². The summed E-state index contributed by atoms with van der Waals surface area (Å²) in [4.78, 5) is 12.1. The number of carboxylic acid groups (broad SMARTS) is 1. The summed E-state index contributed by atoms with van der Waals surface area (Å²) in [6.45, 7) is 1.68. The SMILES string of the molecule is CC(CSc1cccc(F)c1)(NC1CC1)C(=O)O. The number of halogens is 1. The Hall–Kier alpha value is -1.07. The van der Waals surface area contributed by atoms with Crippen LogP contribution in [0.15, 0.2) is 29.2 Å². The zero-order valence-electron chi connectivity index (χ0n) is 10.1. The highest BCUT2D eigenvalue weighted by molar-refractivity contribution is 7.99. The Morgan fingerprint density at radius 2 is 2.33 bits per heavy atom. The van der Waals surface area contributed by atoms with Crippen LogP contribution < -0.4 is 5.32 Å². The number of carbonyl (C=O) groups is 1. The highest BCUT2D eigenvalue weighted by atomic mass is 32.2. The first kappa shape index (κ1) is 13.4. The number of thioether (sulfide) groups is 1. The van der Waals surface area contributed by atoms with E-state index in [1.54, 1.807) is 19.1 Å². The van der Waals surface area contributed by atoms with Gasteiger partial charge in [0.1, 0.15) is 11.4 Å². The summed E-state index contributed by atoms with van der Waals surface area (Å²) in [5.74, 6) is -0.784. The van der Waals surface area contributed by atoms with Crippen LogP contribution in [0.3, 0.4) is 0 Å². The van der Waals surface area contributed by atoms with Gasteiger partial charge < -0.3 is 5.11 Å². The molecule has 1 atom stereocenters. The van der Waals surface area contributed by atoms with Crippen LogP contribution in [-0.4, -0.2) is 28.4 Å². The van der Waals surface area contributed by atoms with E-state index in [-0.39, 0.29) is 5.82 Å². The van der Waals surface area contributed by atoms with Gasteiger partial charge in [-0.05, 0) is 38.0 Å². The van der Waals surface area contributed by atoms with Gasteiger partial charge in [-0.3, -0.25) is 10.1 Å². The number of benzene rings is 1. The molecule has 0 bridgehead atoms. The smallest absolute Gasteiger partial charge is 0.324 e. The van der Waals surface area contributed by atoms with Crippen molar-refractivity contribution >= 4 is 17.7 Å². The third-order valence-corrected chi connectivity index (χ3v) is 4.20. The minimum atomic E-state index is -0.960. The molecule has 18 heavy (non-hydrogen) atoms. The largest absolute Gasteiger partial charge is 0.480 e. The second-order valence-corrected chi connectivity index (χ2v) is 5.85. The summed E-state index contributed by atoms with van der Waals surface area (Å²) >= 11 is 1.36. The summed E-state index contributed by atoms with van der Waals surface area (Å²) in [5.41, 5.74) is -0.960. The third kappa shape index (κ3) is 3.46. The molecule has 0 aliphatic heterocycles. The molecule has 0 heterocycles. The summed E-state index contributed by atoms with van der Waals surface area (Å²) in [6, 6.07) is 6.53. The summed E-state index contributed by atoms with van der Waals surface area (Å²) < 4.78 is 13.0. The molecule has 2 N–H and O–H groups in total. The Bertz CT molecular complexity index is 450. The first-order chi connectivity index (χ1) is 8.49. The van der Waals surface area contributed by atoms with Gasteiger partial charge in [0.15, 0.2) is 0 Å². The molecule has 98 valence electrons. The lowest BCUT2D eigenvalue weighted by molar-refractivity contribution is -0.143. The van der Waals surface area contributed by atoms with Gasteiger partial charge in [0.25, 0.3) is 0 Å². The highest BCUT2D eigenvalue weighted by Crippen LogP contribution is 2.27. The normalized spacial score (nSPS) is 18.3. The Balaban J connectivity index is 1.98. The maximum Gasteiger partial charge on any atom is 0.324 e. The molecule has 0 aromatic heterocycles. The summed E-state index contributed by atoms with van der Waals surface area (Å²) in [5, 5.41) is 12.4. The van der Waals surface area contributed by atoms with Gasteiger partial charge in [-0.25, -0.2) is 4.39 Å². The maximum atomic E-state index is 13.0. The van der Waals surface area contributed by atoms with Crippen molar-refractivity contribution < 1.29 is 14.3 Å². The fourth-order valence-corrected chi connectivity index (χ4v) is 2.66. The van der Waals surface area contributed by atoms with Crippen LogP contribution in [0.25, 0.3) is 0 Å². The zero-order valence-corrected chi connectivity index (χ0v) is 11.0. The molecule has 1 aromatic rings. The summed E-state index contributed by atoms with van der Waals surface area (Å²) in [7, 11) is 0. The van der Waals surface area contributed by atoms with Crippen molar-refractivity contribution in [2.75, 3.05) is 5.75 Å². The molecule has 5 heteroatoms. The van der Waals surface area contributed by atoms with Crippen LogP contribution in [0.1, 0.15) is 19.8 Å². The van der Waals surface area contributed by atoms with E-state index in [0.717, 1.165) is 17.7 Å². The van der Waals surface area contributed by atoms with Crippen LogP contribution in [0.5, 0.6) is 0 Å². The van der Waals surface area contributed by atoms with Crippen LogP contribution >= 0.6 is 11.8 Å². The number of hydrogen-bond donors (Lipinski definition) is 2. The number of aliphatic carboxylic acids is 1. The molecule has 0 spiro atoms. The lowest BCUT2D eigenvalue weighted by Crippen LogP contribution is -2.52. The van der Waals surface area contributed by atoms with E-state index >= 15 is 0 Å². The van der Waals surface area contributed by atoms with E-state index in [1.807, 2.05) is 0 Å². The van der Waals surface area contributed by atoms with Crippen molar-refractivity contribution in [3.63, 3.8) is 0 Å². The van der Waals surface area contributed by atoms with E-state index in [0.29, 0.717) is 11.8 Å². The quantitative estimate of drug-likeness (QED) is 0.779. The second-order valence-electron chi connectivity index (χ2n) is 4.80. The molecule has 3 nitrogen and oxygen atoms in total. The average molecular weight is 269 g/mol. The van der Waals surface area contributed by atoms with E-state index in [4.69, 9.17) is 0 Å². The molecule has 0 radical (unpaired) electrons. The predicted octanol–water partition coefficient (Wildman–Crippen LogP) is 2.51. The molecular weight excluding hydrogens is 253 g/mol. The fraction of sp³-hybridized carbons (Fsp3) is 0.462. The maximum absolute atomic E-state index is 13.0. The van der Waals surface area contributed by atoms with Crippen LogP contribution in [-0.2, 0) is 4.79 Å². The zero-order chi connectivity index (χ0) is 13.2.